The van der Waals surface area contributed by atoms with Gasteiger partial charge in [-0.2, -0.15) is 0 Å². The van der Waals surface area contributed by atoms with E-state index in [0.717, 1.165) is 21.6 Å². The minimum Gasteiger partial charge on any atom is -0.445 e. The first kappa shape index (κ1) is 60.5. The first-order valence-electron chi connectivity index (χ1n) is 27.2. The fourth-order valence-corrected chi connectivity index (χ4v) is 9.40. The monoisotopic (exact) mass is 1090 g/mol. The summed E-state index contributed by atoms with van der Waals surface area (Å²) in [5.41, 5.74) is 11.0. The van der Waals surface area contributed by atoms with Crippen molar-refractivity contribution in [2.45, 2.75) is 118 Å². The van der Waals surface area contributed by atoms with Gasteiger partial charge in [0.25, 0.3) is 23.3 Å². The summed E-state index contributed by atoms with van der Waals surface area (Å²) in [7, 11) is 0. The van der Waals surface area contributed by atoms with Gasteiger partial charge in [-0.1, -0.05) is 99.8 Å². The molecule has 0 fully saturated rings. The van der Waals surface area contributed by atoms with Crippen LogP contribution in [0, 0.1) is 25.7 Å². The van der Waals surface area contributed by atoms with Crippen molar-refractivity contribution in [3.8, 4) is 0 Å². The molecule has 20 heteroatoms. The molecule has 0 saturated carbocycles. The number of alkyl carbamates (subject to hydrolysis) is 1. The molecule has 424 valence electrons. The Kier molecular flexibility index (Phi) is 22.2. The molecule has 2 aromatic heterocycles. The van der Waals surface area contributed by atoms with Gasteiger partial charge in [0.05, 0.1) is 11.7 Å². The van der Waals surface area contributed by atoms with Crippen LogP contribution in [0.15, 0.2) is 114 Å². The number of amides is 9. The van der Waals surface area contributed by atoms with Gasteiger partial charge in [0.15, 0.2) is 0 Å². The van der Waals surface area contributed by atoms with Crippen LogP contribution in [-0.2, 0) is 41.7 Å². The van der Waals surface area contributed by atoms with E-state index in [1.807, 2.05) is 70.2 Å². The predicted molar refractivity (Wildman–Crippen MR) is 303 cm³/mol. The zero-order valence-electron chi connectivity index (χ0n) is 46.4. The van der Waals surface area contributed by atoms with Crippen molar-refractivity contribution in [2.75, 3.05) is 31.5 Å². The van der Waals surface area contributed by atoms with Gasteiger partial charge in [-0.15, -0.1) is 0 Å². The molecule has 3 aromatic carbocycles. The number of benzene rings is 3. The Bertz CT molecular complexity index is 3080. The molecule has 20 nitrogen and oxygen atoms in total. The Morgan fingerprint density at radius 2 is 1.43 bits per heavy atom. The van der Waals surface area contributed by atoms with Gasteiger partial charge in [0, 0.05) is 74.2 Å². The van der Waals surface area contributed by atoms with Crippen molar-refractivity contribution in [3.05, 3.63) is 159 Å². The lowest BCUT2D eigenvalue weighted by Gasteiger charge is -2.35. The van der Waals surface area contributed by atoms with Gasteiger partial charge in [0.1, 0.15) is 24.3 Å². The van der Waals surface area contributed by atoms with Crippen molar-refractivity contribution >= 4 is 58.9 Å². The van der Waals surface area contributed by atoms with Crippen LogP contribution in [0.4, 0.5) is 15.3 Å². The maximum Gasteiger partial charge on any atom is 0.407 e. The molecule has 1 aliphatic heterocycles. The summed E-state index contributed by atoms with van der Waals surface area (Å²) in [5, 5.41) is 13.6. The topological polar surface area (TPSA) is 273 Å². The number of ether oxygens (including phenoxy) is 1. The second kappa shape index (κ2) is 29.3. The molecular formula is C60H74N10O10. The van der Waals surface area contributed by atoms with Crippen molar-refractivity contribution in [1.29, 1.82) is 0 Å². The number of anilines is 1. The summed E-state index contributed by atoms with van der Waals surface area (Å²) in [6.07, 6.45) is 6.18. The average molecular weight is 1100 g/mol. The van der Waals surface area contributed by atoms with E-state index in [1.165, 1.54) is 16.6 Å². The highest BCUT2D eigenvalue weighted by atomic mass is 16.5. The van der Waals surface area contributed by atoms with Crippen LogP contribution in [0.1, 0.15) is 123 Å². The van der Waals surface area contributed by atoms with E-state index < -0.39 is 42.1 Å². The minimum absolute atomic E-state index is 0.105. The molecular weight excluding hydrogens is 1020 g/mol. The molecule has 0 radical (unpaired) electrons. The van der Waals surface area contributed by atoms with E-state index in [0.29, 0.717) is 65.8 Å². The van der Waals surface area contributed by atoms with Gasteiger partial charge >= 0.3 is 12.1 Å². The van der Waals surface area contributed by atoms with Crippen LogP contribution in [-0.4, -0.2) is 105 Å². The number of nitrogens with two attached hydrogens (primary N) is 1. The summed E-state index contributed by atoms with van der Waals surface area (Å²) in [4.78, 5) is 125. The third-order valence-electron chi connectivity index (χ3n) is 13.6. The van der Waals surface area contributed by atoms with Crippen LogP contribution in [0.5, 0.6) is 0 Å². The number of carbonyl (C=O) groups excluding carboxylic acids is 8. The van der Waals surface area contributed by atoms with E-state index in [2.05, 4.69) is 26.6 Å². The first-order valence-corrected chi connectivity index (χ1v) is 27.2. The zero-order chi connectivity index (χ0) is 57.9. The van der Waals surface area contributed by atoms with E-state index in [-0.39, 0.29) is 93.1 Å². The molecule has 0 bridgehead atoms. The molecule has 1 unspecified atom stereocenters. The third kappa shape index (κ3) is 17.4. The Hall–Kier alpha value is -8.68. The van der Waals surface area contributed by atoms with Crippen molar-refractivity contribution in [1.82, 2.24) is 40.5 Å². The van der Waals surface area contributed by atoms with Gasteiger partial charge in [-0.05, 0) is 105 Å². The largest absolute Gasteiger partial charge is 0.445 e. The highest BCUT2D eigenvalue weighted by molar-refractivity contribution is 6.12. The molecule has 0 saturated heterocycles. The van der Waals surface area contributed by atoms with E-state index in [4.69, 9.17) is 15.5 Å². The molecule has 0 spiro atoms. The summed E-state index contributed by atoms with van der Waals surface area (Å²) in [6.45, 7) is 12.1. The summed E-state index contributed by atoms with van der Waals surface area (Å²) in [5.74, 6) is -2.99. The van der Waals surface area contributed by atoms with Crippen molar-refractivity contribution in [2.24, 2.45) is 17.6 Å². The number of nitrogens with zero attached hydrogens (tertiary/aromatic N) is 4. The molecule has 0 aliphatic carbocycles. The Labute approximate surface area is 466 Å². The Balaban J connectivity index is 1.05. The smallest absolute Gasteiger partial charge is 0.407 e. The molecule has 5 aromatic rings. The number of urea groups is 1. The minimum atomic E-state index is -1.07. The van der Waals surface area contributed by atoms with Crippen LogP contribution in [0.3, 0.4) is 0 Å². The number of carbonyl (C=O) groups is 8. The number of unbranched alkanes of at least 4 members (excludes halogenated alkanes) is 2. The van der Waals surface area contributed by atoms with Crippen molar-refractivity contribution < 1.29 is 43.1 Å². The van der Waals surface area contributed by atoms with E-state index >= 15 is 0 Å². The first-order chi connectivity index (χ1) is 38.3. The molecule has 3 atom stereocenters. The molecule has 9 amide bonds. The Morgan fingerprint density at radius 1 is 0.713 bits per heavy atom. The van der Waals surface area contributed by atoms with Gasteiger partial charge in [-0.3, -0.25) is 42.9 Å². The molecule has 3 heterocycles. The van der Waals surface area contributed by atoms with E-state index in [1.54, 1.807) is 73.5 Å². The number of pyridine rings is 1. The second-order valence-electron chi connectivity index (χ2n) is 20.7. The number of aryl methyl sites for hydroxylation is 2. The zero-order valence-corrected chi connectivity index (χ0v) is 46.4. The number of primary amides is 1. The summed E-state index contributed by atoms with van der Waals surface area (Å²) >= 11 is 0. The SMILES string of the molecule is Cc1ccc(C(=O)N(CCCNC(=O)OCc2ccc(NC(=O)[C@H](CCCNC(N)=O)NC(=O)[C@@H](NC(=O)CCCCCN3C(=O)C=CC3=O)C(C)C)cc2)C(c2nc3ccccn3c(=O)c2Cc2cccc(C)c2)C(C)C)cc1. The van der Waals surface area contributed by atoms with Gasteiger partial charge in [0.2, 0.25) is 17.7 Å². The second-order valence-corrected chi connectivity index (χ2v) is 20.7. The van der Waals surface area contributed by atoms with Crippen molar-refractivity contribution in [3.63, 3.8) is 0 Å². The molecule has 7 N–H and O–H groups in total. The summed E-state index contributed by atoms with van der Waals surface area (Å²) < 4.78 is 7.08. The quantitative estimate of drug-likeness (QED) is 0.0231. The number of nitrogens with one attached hydrogen (secondary N) is 5. The van der Waals surface area contributed by atoms with Crippen LogP contribution >= 0.6 is 0 Å². The normalized spacial score (nSPS) is 13.2. The molecule has 80 heavy (non-hydrogen) atoms. The maximum atomic E-state index is 14.6. The lowest BCUT2D eigenvalue weighted by Crippen LogP contribution is -2.54. The third-order valence-corrected chi connectivity index (χ3v) is 13.6. The maximum absolute atomic E-state index is 14.6. The lowest BCUT2D eigenvalue weighted by atomic mass is 9.91. The fourth-order valence-electron chi connectivity index (χ4n) is 9.40. The average Bonchev–Trinajstić information content (AvgIpc) is 3.89. The number of rotatable bonds is 28. The fraction of sp³-hybridized carbons (Fsp3) is 0.400. The Morgan fingerprint density at radius 3 is 2.10 bits per heavy atom. The highest BCUT2D eigenvalue weighted by Crippen LogP contribution is 2.32. The number of hydrogen-bond acceptors (Lipinski definition) is 11. The summed E-state index contributed by atoms with van der Waals surface area (Å²) in [6, 6.07) is 23.9. The lowest BCUT2D eigenvalue weighted by molar-refractivity contribution is -0.137. The number of imide groups is 1. The van der Waals surface area contributed by atoms with Gasteiger partial charge < -0.3 is 42.0 Å². The number of hydrogen-bond donors (Lipinski definition) is 6. The highest BCUT2D eigenvalue weighted by Gasteiger charge is 2.34. The van der Waals surface area contributed by atoms with Crippen LogP contribution in [0.25, 0.3) is 5.65 Å². The standard InChI is InChI=1S/C60H74N10O10/c1-38(2)52(67-49(71)19-8-7-10-33-69-50(72)28-29-51(69)73)56(75)65-47(17-13-30-62-59(61)78)55(74)64-45-26-22-42(23-27-45)37-80-60(79)63-31-14-34-70(57(76)44-24-20-40(5)21-25-44)54(39(3)4)53-46(36-43-16-12-15-41(6)35-43)58(77)68-32-11-9-18-48(68)66-53/h9,11-12,15-16,18,20-29,32,35,38-39,47,52,54H,7-8,10,13-14,17,19,30-31,33-34,36-37H2,1-6H3,(H,63,79)(H,64,74)(H,65,75)(H,67,71)(H3,61,62,78)/t47-,52-,54?/m0/s1. The molecule has 6 rings (SSSR count). The number of aromatic nitrogens is 2. The van der Waals surface area contributed by atoms with E-state index in [9.17, 15) is 43.2 Å². The van der Waals surface area contributed by atoms with Gasteiger partial charge in [-0.25, -0.2) is 14.6 Å². The predicted octanol–water partition coefficient (Wildman–Crippen LogP) is 6.56. The molecule has 1 aliphatic rings. The van der Waals surface area contributed by atoms with Crippen LogP contribution < -0.4 is 37.9 Å². The number of fused-ring (bicyclic) bond motifs is 1. The van der Waals surface area contributed by atoms with Crippen LogP contribution in [0.2, 0.25) is 0 Å².